The Morgan fingerprint density at radius 1 is 1.06 bits per heavy atom. The number of amides is 2. The van der Waals surface area contributed by atoms with Gasteiger partial charge in [-0.25, -0.2) is 8.42 Å². The van der Waals surface area contributed by atoms with E-state index in [9.17, 15) is 18.0 Å². The fourth-order valence-electron chi connectivity index (χ4n) is 4.78. The van der Waals surface area contributed by atoms with Crippen molar-refractivity contribution in [3.8, 4) is 0 Å². The molecule has 2 aromatic rings. The van der Waals surface area contributed by atoms with E-state index in [1.54, 1.807) is 24.3 Å². The van der Waals surface area contributed by atoms with Crippen LogP contribution in [0.1, 0.15) is 55.7 Å². The monoisotopic (exact) mass is 533 g/mol. The lowest BCUT2D eigenvalue weighted by atomic mass is 10.1. The maximum Gasteiger partial charge on any atom is 0.244 e. The fourth-order valence-corrected chi connectivity index (χ4v) is 5.74. The summed E-state index contributed by atoms with van der Waals surface area (Å²) >= 11 is 6.04. The summed E-state index contributed by atoms with van der Waals surface area (Å²) in [4.78, 5) is 28.6. The average molecular weight is 534 g/mol. The second-order valence-corrected chi connectivity index (χ2v) is 12.0. The molecule has 0 bridgehead atoms. The summed E-state index contributed by atoms with van der Waals surface area (Å²) in [6, 6.07) is 11.9. The van der Waals surface area contributed by atoms with Crippen molar-refractivity contribution in [2.75, 3.05) is 17.1 Å². The molecule has 36 heavy (non-hydrogen) atoms. The Labute approximate surface area is 219 Å². The lowest BCUT2D eigenvalue weighted by molar-refractivity contribution is -0.140. The van der Waals surface area contributed by atoms with Gasteiger partial charge in [-0.05, 0) is 74.1 Å². The molecule has 1 fully saturated rings. The number of rotatable bonds is 10. The average Bonchev–Trinajstić information content (AvgIpc) is 3.30. The van der Waals surface area contributed by atoms with E-state index in [1.165, 1.54) is 4.90 Å². The smallest absolute Gasteiger partial charge is 0.244 e. The second kappa shape index (κ2) is 12.1. The molecule has 1 saturated carbocycles. The number of hydrogen-bond donors (Lipinski definition) is 1. The van der Waals surface area contributed by atoms with Gasteiger partial charge in [0.05, 0.1) is 11.9 Å². The molecule has 3 rings (SSSR count). The predicted molar refractivity (Wildman–Crippen MR) is 145 cm³/mol. The maximum absolute atomic E-state index is 13.8. The molecule has 0 saturated heterocycles. The molecule has 196 valence electrons. The standard InChI is InChI=1S/C27H36ClN3O4S/c1-5-25(27(33)29-23-8-6-7-9-23)30(17-21-10-12-22(28)13-11-21)26(32)18-31(36(4,34)35)24-15-19(2)14-20(3)16-24/h10-16,23,25H,5-9,17-18H2,1-4H3,(H,29,33)/t25-/m0/s1. The predicted octanol–water partition coefficient (Wildman–Crippen LogP) is 4.59. The third-order valence-electron chi connectivity index (χ3n) is 6.53. The number of halogens is 1. The van der Waals surface area contributed by atoms with Crippen LogP contribution in [0.15, 0.2) is 42.5 Å². The summed E-state index contributed by atoms with van der Waals surface area (Å²) in [7, 11) is -3.76. The second-order valence-electron chi connectivity index (χ2n) is 9.68. The minimum atomic E-state index is -3.76. The number of sulfonamides is 1. The highest BCUT2D eigenvalue weighted by atomic mass is 35.5. The molecule has 9 heteroatoms. The summed E-state index contributed by atoms with van der Waals surface area (Å²) < 4.78 is 26.7. The molecule has 1 N–H and O–H groups in total. The number of nitrogens with one attached hydrogen (secondary N) is 1. The van der Waals surface area contributed by atoms with Gasteiger partial charge in [-0.15, -0.1) is 0 Å². The first kappa shape index (κ1) is 28.0. The van der Waals surface area contributed by atoms with Crippen molar-refractivity contribution in [1.29, 1.82) is 0 Å². The Morgan fingerprint density at radius 2 is 1.64 bits per heavy atom. The molecule has 0 heterocycles. The Morgan fingerprint density at radius 3 is 2.17 bits per heavy atom. The molecule has 1 aliphatic carbocycles. The summed E-state index contributed by atoms with van der Waals surface area (Å²) in [6.45, 7) is 5.39. The van der Waals surface area contributed by atoms with E-state index in [0.717, 1.165) is 52.9 Å². The summed E-state index contributed by atoms with van der Waals surface area (Å²) in [5.74, 6) is -0.646. The molecule has 0 radical (unpaired) electrons. The largest absolute Gasteiger partial charge is 0.352 e. The maximum atomic E-state index is 13.8. The van der Waals surface area contributed by atoms with Gasteiger partial charge in [-0.3, -0.25) is 13.9 Å². The number of anilines is 1. The number of aryl methyl sites for hydroxylation is 2. The Kier molecular flexibility index (Phi) is 9.41. The van der Waals surface area contributed by atoms with E-state index in [1.807, 2.05) is 39.0 Å². The van der Waals surface area contributed by atoms with Crippen LogP contribution < -0.4 is 9.62 Å². The normalized spacial score (nSPS) is 14.9. The van der Waals surface area contributed by atoms with Gasteiger partial charge < -0.3 is 10.2 Å². The van der Waals surface area contributed by atoms with Gasteiger partial charge in [0.15, 0.2) is 0 Å². The Bertz CT molecular complexity index is 1160. The fraction of sp³-hybridized carbons (Fsp3) is 0.481. The van der Waals surface area contributed by atoms with Crippen molar-refractivity contribution in [1.82, 2.24) is 10.2 Å². The van der Waals surface area contributed by atoms with Crippen LogP contribution in [-0.4, -0.2) is 50.0 Å². The van der Waals surface area contributed by atoms with E-state index in [4.69, 9.17) is 11.6 Å². The molecule has 0 aliphatic heterocycles. The molecule has 0 spiro atoms. The van der Waals surface area contributed by atoms with Gasteiger partial charge in [0.1, 0.15) is 12.6 Å². The highest BCUT2D eigenvalue weighted by Crippen LogP contribution is 2.23. The quantitative estimate of drug-likeness (QED) is 0.484. The molecular weight excluding hydrogens is 498 g/mol. The number of hydrogen-bond acceptors (Lipinski definition) is 4. The van der Waals surface area contributed by atoms with E-state index >= 15 is 0 Å². The van der Waals surface area contributed by atoms with Crippen molar-refractivity contribution >= 4 is 39.1 Å². The SMILES string of the molecule is CC[C@@H](C(=O)NC1CCCC1)N(Cc1ccc(Cl)cc1)C(=O)CN(c1cc(C)cc(C)c1)S(C)(=O)=O. The van der Waals surface area contributed by atoms with Gasteiger partial charge in [0.25, 0.3) is 0 Å². The van der Waals surface area contributed by atoms with Crippen LogP contribution in [0.3, 0.4) is 0 Å². The van der Waals surface area contributed by atoms with Crippen molar-refractivity contribution in [3.63, 3.8) is 0 Å². The molecular formula is C27H36ClN3O4S. The molecule has 1 atom stereocenters. The van der Waals surface area contributed by atoms with Crippen LogP contribution in [0.25, 0.3) is 0 Å². The van der Waals surface area contributed by atoms with Gasteiger partial charge in [-0.1, -0.05) is 49.6 Å². The first-order valence-corrected chi connectivity index (χ1v) is 14.6. The van der Waals surface area contributed by atoms with Gasteiger partial charge in [-0.2, -0.15) is 0 Å². The molecule has 2 aromatic carbocycles. The lowest BCUT2D eigenvalue weighted by Crippen LogP contribution is -2.53. The topological polar surface area (TPSA) is 86.8 Å². The highest BCUT2D eigenvalue weighted by Gasteiger charge is 2.33. The van der Waals surface area contributed by atoms with Crippen LogP contribution in [-0.2, 0) is 26.2 Å². The van der Waals surface area contributed by atoms with Gasteiger partial charge in [0, 0.05) is 17.6 Å². The van der Waals surface area contributed by atoms with Crippen molar-refractivity contribution < 1.29 is 18.0 Å². The summed E-state index contributed by atoms with van der Waals surface area (Å²) in [5.41, 5.74) is 3.02. The van der Waals surface area contributed by atoms with Gasteiger partial charge in [0.2, 0.25) is 21.8 Å². The van der Waals surface area contributed by atoms with Crippen LogP contribution in [0, 0.1) is 13.8 Å². The number of nitrogens with zero attached hydrogens (tertiary/aromatic N) is 2. The van der Waals surface area contributed by atoms with Crippen molar-refractivity contribution in [2.45, 2.75) is 71.5 Å². The van der Waals surface area contributed by atoms with Crippen LogP contribution in [0.2, 0.25) is 5.02 Å². The Hall–Kier alpha value is -2.58. The summed E-state index contributed by atoms with van der Waals surface area (Å²) in [6.07, 6.45) is 5.51. The molecule has 1 aliphatic rings. The number of carbonyl (C=O) groups is 2. The van der Waals surface area contributed by atoms with E-state index in [-0.39, 0.29) is 18.5 Å². The Balaban J connectivity index is 1.93. The first-order chi connectivity index (χ1) is 17.0. The van der Waals surface area contributed by atoms with Gasteiger partial charge >= 0.3 is 0 Å². The number of benzene rings is 2. The van der Waals surface area contributed by atoms with Crippen molar-refractivity contribution in [2.24, 2.45) is 0 Å². The minimum absolute atomic E-state index is 0.113. The van der Waals surface area contributed by atoms with Crippen molar-refractivity contribution in [3.05, 3.63) is 64.2 Å². The summed E-state index contributed by atoms with van der Waals surface area (Å²) in [5, 5.41) is 3.67. The first-order valence-electron chi connectivity index (χ1n) is 12.4. The highest BCUT2D eigenvalue weighted by molar-refractivity contribution is 7.92. The molecule has 0 unspecified atom stereocenters. The van der Waals surface area contributed by atoms with E-state index < -0.39 is 28.5 Å². The molecule has 7 nitrogen and oxygen atoms in total. The van der Waals surface area contributed by atoms with Crippen LogP contribution in [0.5, 0.6) is 0 Å². The van der Waals surface area contributed by atoms with E-state index in [2.05, 4.69) is 5.32 Å². The zero-order valence-corrected chi connectivity index (χ0v) is 23.0. The molecule has 2 amide bonds. The minimum Gasteiger partial charge on any atom is -0.352 e. The van der Waals surface area contributed by atoms with E-state index in [0.29, 0.717) is 17.1 Å². The third-order valence-corrected chi connectivity index (χ3v) is 7.92. The van der Waals surface area contributed by atoms with Crippen LogP contribution >= 0.6 is 11.6 Å². The number of carbonyl (C=O) groups excluding carboxylic acids is 2. The zero-order chi connectivity index (χ0) is 26.5. The lowest BCUT2D eigenvalue weighted by Gasteiger charge is -2.33. The molecule has 0 aromatic heterocycles. The van der Waals surface area contributed by atoms with Crippen LogP contribution in [0.4, 0.5) is 5.69 Å². The third kappa shape index (κ3) is 7.46. The zero-order valence-electron chi connectivity index (χ0n) is 21.5.